The van der Waals surface area contributed by atoms with Crippen molar-refractivity contribution >= 4 is 23.1 Å². The van der Waals surface area contributed by atoms with Crippen molar-refractivity contribution in [3.8, 4) is 0 Å². The zero-order valence-corrected chi connectivity index (χ0v) is 11.3. The van der Waals surface area contributed by atoms with Crippen molar-refractivity contribution in [3.63, 3.8) is 0 Å². The molecule has 1 amide bonds. The first-order valence-electron chi connectivity index (χ1n) is 6.05. The van der Waals surface area contributed by atoms with E-state index in [1.807, 2.05) is 0 Å². The Morgan fingerprint density at radius 2 is 1.91 bits per heavy atom. The molecular formula is C13H10N4O5. The van der Waals surface area contributed by atoms with Gasteiger partial charge in [0.1, 0.15) is 12.0 Å². The molecule has 0 atom stereocenters. The zero-order valence-electron chi connectivity index (χ0n) is 11.3. The number of anilines is 1. The van der Waals surface area contributed by atoms with Crippen molar-refractivity contribution in [2.24, 2.45) is 0 Å². The van der Waals surface area contributed by atoms with E-state index in [2.05, 4.69) is 10.3 Å². The van der Waals surface area contributed by atoms with Gasteiger partial charge in [0.2, 0.25) is 0 Å². The summed E-state index contributed by atoms with van der Waals surface area (Å²) in [6.45, 7) is 1.52. The van der Waals surface area contributed by atoms with Crippen LogP contribution >= 0.6 is 0 Å². The Kier molecular flexibility index (Phi) is 4.07. The maximum atomic E-state index is 12.0. The van der Waals surface area contributed by atoms with Crippen LogP contribution < -0.4 is 5.32 Å². The Balaban J connectivity index is 2.22. The summed E-state index contributed by atoms with van der Waals surface area (Å²) in [5.41, 5.74) is 0.0650. The van der Waals surface area contributed by atoms with Gasteiger partial charge >= 0.3 is 0 Å². The molecule has 9 heteroatoms. The first kappa shape index (κ1) is 15.0. The molecule has 0 aliphatic rings. The van der Waals surface area contributed by atoms with Crippen molar-refractivity contribution in [2.75, 3.05) is 5.32 Å². The predicted octanol–water partition coefficient (Wildman–Crippen LogP) is 2.46. The van der Waals surface area contributed by atoms with Gasteiger partial charge in [0.15, 0.2) is 0 Å². The highest BCUT2D eigenvalue weighted by molar-refractivity contribution is 6.04. The van der Waals surface area contributed by atoms with E-state index in [1.54, 1.807) is 0 Å². The number of aromatic nitrogens is 1. The fourth-order valence-electron chi connectivity index (χ4n) is 1.76. The van der Waals surface area contributed by atoms with E-state index < -0.39 is 15.8 Å². The molecule has 2 rings (SSSR count). The lowest BCUT2D eigenvalue weighted by molar-refractivity contribution is -0.385. The second-order valence-corrected chi connectivity index (χ2v) is 4.37. The van der Waals surface area contributed by atoms with Crippen molar-refractivity contribution in [2.45, 2.75) is 6.92 Å². The number of pyridine rings is 1. The summed E-state index contributed by atoms with van der Waals surface area (Å²) in [6, 6.07) is 6.56. The number of carbonyl (C=O) groups is 1. The molecule has 0 bridgehead atoms. The third kappa shape index (κ3) is 3.20. The maximum absolute atomic E-state index is 12.0. The van der Waals surface area contributed by atoms with Gasteiger partial charge < -0.3 is 5.32 Å². The Morgan fingerprint density at radius 1 is 1.18 bits per heavy atom. The van der Waals surface area contributed by atoms with Gasteiger partial charge in [-0.05, 0) is 19.1 Å². The van der Waals surface area contributed by atoms with Gasteiger partial charge in [-0.15, -0.1) is 0 Å². The minimum atomic E-state index is -0.606. The van der Waals surface area contributed by atoms with Crippen LogP contribution in [0.1, 0.15) is 15.9 Å². The molecule has 1 aromatic carbocycles. The van der Waals surface area contributed by atoms with E-state index in [0.717, 1.165) is 12.3 Å². The number of non-ortho nitro benzene ring substituents is 1. The van der Waals surface area contributed by atoms with Gasteiger partial charge in [-0.2, -0.15) is 0 Å². The summed E-state index contributed by atoms with van der Waals surface area (Å²) in [4.78, 5) is 36.0. The van der Waals surface area contributed by atoms with Crippen LogP contribution in [0.3, 0.4) is 0 Å². The fourth-order valence-corrected chi connectivity index (χ4v) is 1.76. The van der Waals surface area contributed by atoms with Gasteiger partial charge in [0.25, 0.3) is 17.3 Å². The van der Waals surface area contributed by atoms with Gasteiger partial charge in [-0.25, -0.2) is 4.98 Å². The van der Waals surface area contributed by atoms with Crippen LogP contribution in [0.2, 0.25) is 0 Å². The summed E-state index contributed by atoms with van der Waals surface area (Å²) in [5, 5.41) is 23.8. The third-order valence-corrected chi connectivity index (χ3v) is 2.84. The van der Waals surface area contributed by atoms with Crippen molar-refractivity contribution in [3.05, 3.63) is 67.9 Å². The highest BCUT2D eigenvalue weighted by Gasteiger charge is 2.15. The topological polar surface area (TPSA) is 128 Å². The van der Waals surface area contributed by atoms with Crippen molar-refractivity contribution < 1.29 is 14.6 Å². The van der Waals surface area contributed by atoms with Crippen LogP contribution in [0.4, 0.5) is 17.2 Å². The molecule has 0 saturated carbocycles. The minimum absolute atomic E-state index is 0.0898. The first-order valence-corrected chi connectivity index (χ1v) is 6.05. The van der Waals surface area contributed by atoms with E-state index in [9.17, 15) is 25.0 Å². The average molecular weight is 302 g/mol. The Bertz CT molecular complexity index is 775. The number of hydrogen-bond acceptors (Lipinski definition) is 6. The largest absolute Gasteiger partial charge is 0.307 e. The van der Waals surface area contributed by atoms with E-state index in [1.165, 1.54) is 31.2 Å². The van der Waals surface area contributed by atoms with E-state index in [0.29, 0.717) is 5.56 Å². The number of benzene rings is 1. The molecule has 0 saturated heterocycles. The quantitative estimate of drug-likeness (QED) is 0.682. The summed E-state index contributed by atoms with van der Waals surface area (Å²) in [5.74, 6) is -0.468. The van der Waals surface area contributed by atoms with E-state index >= 15 is 0 Å². The molecule has 0 radical (unpaired) electrons. The number of nitro groups is 2. The highest BCUT2D eigenvalue weighted by atomic mass is 16.6. The van der Waals surface area contributed by atoms with Crippen LogP contribution in [-0.4, -0.2) is 20.7 Å². The maximum Gasteiger partial charge on any atom is 0.290 e. The summed E-state index contributed by atoms with van der Waals surface area (Å²) in [6.07, 6.45) is 1.04. The first-order chi connectivity index (χ1) is 10.4. The molecule has 2 aromatic rings. The van der Waals surface area contributed by atoms with Gasteiger partial charge in [-0.3, -0.25) is 25.0 Å². The SMILES string of the molecule is Cc1cc(NC(=O)c2cccc([N+](=O)[O-])c2)ncc1[N+](=O)[O-]. The molecule has 0 unspecified atom stereocenters. The van der Waals surface area contributed by atoms with E-state index in [4.69, 9.17) is 0 Å². The van der Waals surface area contributed by atoms with Crippen LogP contribution in [0.25, 0.3) is 0 Å². The van der Waals surface area contributed by atoms with Crippen LogP contribution in [0.5, 0.6) is 0 Å². The van der Waals surface area contributed by atoms with Crippen LogP contribution in [-0.2, 0) is 0 Å². The molecule has 1 heterocycles. The van der Waals surface area contributed by atoms with Gasteiger partial charge in [0, 0.05) is 23.3 Å². The number of amides is 1. The van der Waals surface area contributed by atoms with Crippen LogP contribution in [0.15, 0.2) is 36.5 Å². The molecule has 1 aromatic heterocycles. The number of nitro benzene ring substituents is 1. The second kappa shape index (κ2) is 5.95. The molecule has 112 valence electrons. The smallest absolute Gasteiger partial charge is 0.290 e. The minimum Gasteiger partial charge on any atom is -0.307 e. The molecule has 0 fully saturated rings. The lowest BCUT2D eigenvalue weighted by Crippen LogP contribution is -2.13. The molecule has 1 N–H and O–H groups in total. The number of nitrogens with one attached hydrogen (secondary N) is 1. The molecule has 0 spiro atoms. The average Bonchev–Trinajstić information content (AvgIpc) is 2.47. The highest BCUT2D eigenvalue weighted by Crippen LogP contribution is 2.20. The zero-order chi connectivity index (χ0) is 16.3. The number of nitrogens with zero attached hydrogens (tertiary/aromatic N) is 3. The third-order valence-electron chi connectivity index (χ3n) is 2.84. The Morgan fingerprint density at radius 3 is 2.50 bits per heavy atom. The second-order valence-electron chi connectivity index (χ2n) is 4.37. The molecule has 0 aliphatic carbocycles. The lowest BCUT2D eigenvalue weighted by atomic mass is 10.2. The number of rotatable bonds is 4. The van der Waals surface area contributed by atoms with Crippen LogP contribution in [0, 0.1) is 27.2 Å². The number of aryl methyl sites for hydroxylation is 1. The van der Waals surface area contributed by atoms with E-state index in [-0.39, 0.29) is 22.8 Å². The molecule has 22 heavy (non-hydrogen) atoms. The number of hydrogen-bond donors (Lipinski definition) is 1. The lowest BCUT2D eigenvalue weighted by Gasteiger charge is -2.05. The molecule has 9 nitrogen and oxygen atoms in total. The van der Waals surface area contributed by atoms with Crippen molar-refractivity contribution in [1.82, 2.24) is 4.98 Å². The predicted molar refractivity (Wildman–Crippen MR) is 76.7 cm³/mol. The summed E-state index contributed by atoms with van der Waals surface area (Å²) < 4.78 is 0. The standard InChI is InChI=1S/C13H10N4O5/c1-8-5-12(14-7-11(8)17(21)22)15-13(18)9-3-2-4-10(6-9)16(19)20/h2-7H,1H3,(H,14,15,18). The monoisotopic (exact) mass is 302 g/mol. The normalized spacial score (nSPS) is 10.0. The van der Waals surface area contributed by atoms with Gasteiger partial charge in [-0.1, -0.05) is 6.07 Å². The van der Waals surface area contributed by atoms with Crippen molar-refractivity contribution in [1.29, 1.82) is 0 Å². The number of carbonyl (C=O) groups excluding carboxylic acids is 1. The molecule has 0 aliphatic heterocycles. The Labute approximate surface area is 123 Å². The summed E-state index contributed by atoms with van der Waals surface area (Å²) >= 11 is 0. The summed E-state index contributed by atoms with van der Waals surface area (Å²) in [7, 11) is 0. The molecular weight excluding hydrogens is 292 g/mol. The fraction of sp³-hybridized carbons (Fsp3) is 0.0769. The van der Waals surface area contributed by atoms with Gasteiger partial charge in [0.05, 0.1) is 9.85 Å². The Hall–Kier alpha value is -3.36.